The number of hydrogen-bond donors (Lipinski definition) is 2. The van der Waals surface area contributed by atoms with Crippen LogP contribution in [0.1, 0.15) is 13.8 Å². The maximum absolute atomic E-state index is 5.69. The fourth-order valence-electron chi connectivity index (χ4n) is 1.83. The van der Waals surface area contributed by atoms with E-state index >= 15 is 0 Å². The molecule has 1 saturated heterocycles. The van der Waals surface area contributed by atoms with Crippen LogP contribution >= 0.6 is 0 Å². The third-order valence-electron chi connectivity index (χ3n) is 2.70. The summed E-state index contributed by atoms with van der Waals surface area (Å²) in [6.45, 7) is 12.6. The Hall–Kier alpha value is -0.160. The summed E-state index contributed by atoms with van der Waals surface area (Å²) in [5, 5.41) is 6.69. The number of ether oxygens (including phenoxy) is 1. The Labute approximate surface area is 93.4 Å². The molecule has 0 aromatic rings. The molecule has 2 N–H and O–H groups in total. The van der Waals surface area contributed by atoms with Crippen LogP contribution in [0.3, 0.4) is 0 Å². The molecule has 0 bridgehead atoms. The number of nitrogens with zero attached hydrogens (tertiary/aromatic N) is 1. The van der Waals surface area contributed by atoms with Gasteiger partial charge in [-0.15, -0.1) is 0 Å². The lowest BCUT2D eigenvalue weighted by atomic mass is 10.2. The molecule has 1 heterocycles. The van der Waals surface area contributed by atoms with Crippen molar-refractivity contribution < 1.29 is 4.74 Å². The van der Waals surface area contributed by atoms with Crippen molar-refractivity contribution >= 4 is 0 Å². The van der Waals surface area contributed by atoms with E-state index in [0.717, 1.165) is 52.4 Å². The average molecular weight is 215 g/mol. The largest absolute Gasteiger partial charge is 0.374 e. The molecule has 0 saturated carbocycles. The highest BCUT2D eigenvalue weighted by Crippen LogP contribution is 2.03. The van der Waals surface area contributed by atoms with Gasteiger partial charge in [-0.05, 0) is 13.1 Å². The van der Waals surface area contributed by atoms with Gasteiger partial charge in [-0.25, -0.2) is 0 Å². The zero-order chi connectivity index (χ0) is 10.9. The zero-order valence-corrected chi connectivity index (χ0v) is 10.1. The van der Waals surface area contributed by atoms with Gasteiger partial charge in [-0.1, -0.05) is 13.8 Å². The molecule has 0 aromatic carbocycles. The smallest absolute Gasteiger partial charge is 0.0826 e. The Morgan fingerprint density at radius 3 is 2.80 bits per heavy atom. The molecule has 0 amide bonds. The first-order valence-electron chi connectivity index (χ1n) is 6.12. The van der Waals surface area contributed by atoms with E-state index in [9.17, 15) is 0 Å². The van der Waals surface area contributed by atoms with Gasteiger partial charge >= 0.3 is 0 Å². The summed E-state index contributed by atoms with van der Waals surface area (Å²) in [5.41, 5.74) is 0. The first-order chi connectivity index (χ1) is 7.36. The first-order valence-corrected chi connectivity index (χ1v) is 6.12. The summed E-state index contributed by atoms with van der Waals surface area (Å²) in [6.07, 6.45) is 0.375. The highest BCUT2D eigenvalue weighted by Gasteiger charge is 2.19. The van der Waals surface area contributed by atoms with Crippen molar-refractivity contribution in [2.45, 2.75) is 20.0 Å². The van der Waals surface area contributed by atoms with Gasteiger partial charge in [0.2, 0.25) is 0 Å². The standard InChI is InChI=1S/C11H25N3O/c1-3-12-5-6-14-7-8-15-11(10-14)9-13-4-2/h11-13H,3-10H2,1-2H3/t11-/m1/s1. The third-order valence-corrected chi connectivity index (χ3v) is 2.70. The van der Waals surface area contributed by atoms with Crippen LogP contribution in [0.2, 0.25) is 0 Å². The molecule has 0 aromatic heterocycles. The van der Waals surface area contributed by atoms with Crippen LogP contribution in [0.15, 0.2) is 0 Å². The lowest BCUT2D eigenvalue weighted by Crippen LogP contribution is -2.48. The van der Waals surface area contributed by atoms with Crippen LogP contribution in [0.4, 0.5) is 0 Å². The molecule has 1 fully saturated rings. The van der Waals surface area contributed by atoms with Gasteiger partial charge in [-0.3, -0.25) is 4.90 Å². The number of hydrogen-bond acceptors (Lipinski definition) is 4. The minimum Gasteiger partial charge on any atom is -0.374 e. The third kappa shape index (κ3) is 5.47. The van der Waals surface area contributed by atoms with Crippen molar-refractivity contribution in [1.29, 1.82) is 0 Å². The SMILES string of the molecule is CCNCCN1CCO[C@H](CNCC)C1. The lowest BCUT2D eigenvalue weighted by Gasteiger charge is -2.33. The summed E-state index contributed by atoms with van der Waals surface area (Å²) in [6, 6.07) is 0. The van der Waals surface area contributed by atoms with Crippen molar-refractivity contribution in [1.82, 2.24) is 15.5 Å². The maximum Gasteiger partial charge on any atom is 0.0826 e. The normalized spacial score (nSPS) is 23.2. The van der Waals surface area contributed by atoms with E-state index in [1.807, 2.05) is 0 Å². The fraction of sp³-hybridized carbons (Fsp3) is 1.00. The lowest BCUT2D eigenvalue weighted by molar-refractivity contribution is -0.0262. The van der Waals surface area contributed by atoms with Crippen LogP contribution < -0.4 is 10.6 Å². The molecule has 15 heavy (non-hydrogen) atoms. The summed E-state index contributed by atoms with van der Waals surface area (Å²) in [7, 11) is 0. The molecule has 4 heteroatoms. The van der Waals surface area contributed by atoms with Crippen molar-refractivity contribution in [2.75, 3.05) is 52.4 Å². The van der Waals surface area contributed by atoms with E-state index in [-0.39, 0.29) is 0 Å². The average Bonchev–Trinajstić information content (AvgIpc) is 2.27. The molecule has 1 aliphatic heterocycles. The second-order valence-electron chi connectivity index (χ2n) is 3.95. The minimum atomic E-state index is 0.375. The zero-order valence-electron chi connectivity index (χ0n) is 10.1. The van der Waals surface area contributed by atoms with E-state index in [2.05, 4.69) is 29.4 Å². The second-order valence-corrected chi connectivity index (χ2v) is 3.95. The number of rotatable bonds is 7. The number of nitrogens with one attached hydrogen (secondary N) is 2. The molecule has 0 aliphatic carbocycles. The van der Waals surface area contributed by atoms with Gasteiger partial charge in [0, 0.05) is 32.7 Å². The highest BCUT2D eigenvalue weighted by molar-refractivity contribution is 4.73. The topological polar surface area (TPSA) is 36.5 Å². The van der Waals surface area contributed by atoms with Crippen LogP contribution in [0, 0.1) is 0 Å². The highest BCUT2D eigenvalue weighted by atomic mass is 16.5. The fourth-order valence-corrected chi connectivity index (χ4v) is 1.83. The molecule has 4 nitrogen and oxygen atoms in total. The molecule has 1 rings (SSSR count). The molecule has 0 unspecified atom stereocenters. The van der Waals surface area contributed by atoms with Crippen molar-refractivity contribution in [2.24, 2.45) is 0 Å². The Bertz CT molecular complexity index is 155. The molecule has 0 radical (unpaired) electrons. The van der Waals surface area contributed by atoms with Gasteiger partial charge in [0.05, 0.1) is 12.7 Å². The maximum atomic E-state index is 5.69. The predicted molar refractivity (Wildman–Crippen MR) is 63.3 cm³/mol. The Kier molecular flexibility index (Phi) is 6.92. The Morgan fingerprint density at radius 1 is 1.27 bits per heavy atom. The van der Waals surface area contributed by atoms with Crippen LogP contribution in [0.5, 0.6) is 0 Å². The van der Waals surface area contributed by atoms with Gasteiger partial charge < -0.3 is 15.4 Å². The number of morpholine rings is 1. The van der Waals surface area contributed by atoms with Crippen LogP contribution in [-0.4, -0.2) is 63.4 Å². The van der Waals surface area contributed by atoms with E-state index in [4.69, 9.17) is 4.74 Å². The van der Waals surface area contributed by atoms with Crippen molar-refractivity contribution in [3.63, 3.8) is 0 Å². The van der Waals surface area contributed by atoms with Crippen molar-refractivity contribution in [3.8, 4) is 0 Å². The second kappa shape index (κ2) is 8.05. The van der Waals surface area contributed by atoms with E-state index in [1.54, 1.807) is 0 Å². The Balaban J connectivity index is 2.11. The quantitative estimate of drug-likeness (QED) is 0.582. The summed E-state index contributed by atoms with van der Waals surface area (Å²) >= 11 is 0. The monoisotopic (exact) mass is 215 g/mol. The molecule has 90 valence electrons. The van der Waals surface area contributed by atoms with E-state index in [0.29, 0.717) is 6.10 Å². The summed E-state index contributed by atoms with van der Waals surface area (Å²) in [5.74, 6) is 0. The van der Waals surface area contributed by atoms with Crippen LogP contribution in [0.25, 0.3) is 0 Å². The van der Waals surface area contributed by atoms with Gasteiger partial charge in [-0.2, -0.15) is 0 Å². The summed E-state index contributed by atoms with van der Waals surface area (Å²) in [4.78, 5) is 2.48. The molecule has 1 aliphatic rings. The van der Waals surface area contributed by atoms with E-state index < -0.39 is 0 Å². The van der Waals surface area contributed by atoms with Gasteiger partial charge in [0.15, 0.2) is 0 Å². The summed E-state index contributed by atoms with van der Waals surface area (Å²) < 4.78 is 5.69. The van der Waals surface area contributed by atoms with Crippen molar-refractivity contribution in [3.05, 3.63) is 0 Å². The number of likely N-dealkylation sites (N-methyl/N-ethyl adjacent to an activating group) is 2. The molecule has 0 spiro atoms. The van der Waals surface area contributed by atoms with Gasteiger partial charge in [0.1, 0.15) is 0 Å². The van der Waals surface area contributed by atoms with Gasteiger partial charge in [0.25, 0.3) is 0 Å². The molecular weight excluding hydrogens is 190 g/mol. The van der Waals surface area contributed by atoms with E-state index in [1.165, 1.54) is 0 Å². The molecular formula is C11H25N3O. The Morgan fingerprint density at radius 2 is 2.07 bits per heavy atom. The molecule has 1 atom stereocenters. The predicted octanol–water partition coefficient (Wildman–Crippen LogP) is -0.0938. The minimum absolute atomic E-state index is 0.375. The van der Waals surface area contributed by atoms with Crippen LogP contribution in [-0.2, 0) is 4.74 Å². The first kappa shape index (κ1) is 12.9.